The van der Waals surface area contributed by atoms with E-state index < -0.39 is 0 Å². The lowest BCUT2D eigenvalue weighted by atomic mass is 10.3. The molecule has 4 nitrogen and oxygen atoms in total. The summed E-state index contributed by atoms with van der Waals surface area (Å²) in [6, 6.07) is 7.19. The molecule has 1 N–H and O–H groups in total. The van der Waals surface area contributed by atoms with Crippen LogP contribution in [-0.2, 0) is 0 Å². The van der Waals surface area contributed by atoms with Gasteiger partial charge in [0.2, 0.25) is 0 Å². The number of nitrogens with zero attached hydrogens (tertiary/aromatic N) is 2. The number of hydrogen-bond acceptors (Lipinski definition) is 4. The molecule has 0 aliphatic heterocycles. The van der Waals surface area contributed by atoms with Crippen LogP contribution >= 0.6 is 27.7 Å². The Bertz CT molecular complexity index is 560. The van der Waals surface area contributed by atoms with E-state index in [0.717, 1.165) is 4.90 Å². The molecule has 0 aliphatic rings. The summed E-state index contributed by atoms with van der Waals surface area (Å²) in [6.07, 6.45) is 5.26. The highest BCUT2D eigenvalue weighted by molar-refractivity contribution is 9.10. The first-order valence-electron chi connectivity index (χ1n) is 5.12. The van der Waals surface area contributed by atoms with E-state index in [9.17, 15) is 4.79 Å². The van der Waals surface area contributed by atoms with Gasteiger partial charge in [-0.25, -0.2) is 9.97 Å². The number of amides is 1. The number of aromatic nitrogens is 2. The van der Waals surface area contributed by atoms with Crippen molar-refractivity contribution in [1.82, 2.24) is 9.97 Å². The molecule has 0 unspecified atom stereocenters. The Balaban J connectivity index is 2.14. The maximum atomic E-state index is 11.9. The van der Waals surface area contributed by atoms with E-state index in [2.05, 4.69) is 31.2 Å². The van der Waals surface area contributed by atoms with Crippen LogP contribution in [0.3, 0.4) is 0 Å². The van der Waals surface area contributed by atoms with Gasteiger partial charge in [0.05, 0.1) is 0 Å². The fourth-order valence-corrected chi connectivity index (χ4v) is 2.10. The van der Waals surface area contributed by atoms with Crippen molar-refractivity contribution in [3.8, 4) is 0 Å². The molecule has 0 atom stereocenters. The minimum Gasteiger partial charge on any atom is -0.305 e. The molecule has 0 saturated carbocycles. The van der Waals surface area contributed by atoms with E-state index in [4.69, 9.17) is 0 Å². The highest BCUT2D eigenvalue weighted by Crippen LogP contribution is 2.17. The monoisotopic (exact) mass is 323 g/mol. The Hall–Kier alpha value is -1.40. The third-order valence-corrected chi connectivity index (χ3v) is 3.54. The molecule has 0 saturated heterocycles. The molecule has 2 aromatic heterocycles. The maximum Gasteiger partial charge on any atom is 0.276 e. The number of hydrogen-bond donors (Lipinski definition) is 1. The summed E-state index contributed by atoms with van der Waals surface area (Å²) in [7, 11) is 0. The number of thioether (sulfide) groups is 1. The minimum absolute atomic E-state index is 0.285. The Kier molecular flexibility index (Phi) is 4.33. The van der Waals surface area contributed by atoms with Crippen molar-refractivity contribution in [3.63, 3.8) is 0 Å². The van der Waals surface area contributed by atoms with Crippen LogP contribution in [0.5, 0.6) is 0 Å². The molecule has 2 aromatic rings. The summed E-state index contributed by atoms with van der Waals surface area (Å²) in [4.78, 5) is 21.2. The molecule has 6 heteroatoms. The Morgan fingerprint density at radius 3 is 2.78 bits per heavy atom. The number of carbonyl (C=O) groups excluding carboxylic acids is 1. The minimum atomic E-state index is -0.285. The van der Waals surface area contributed by atoms with Crippen molar-refractivity contribution in [3.05, 3.63) is 46.8 Å². The normalized spacial score (nSPS) is 10.1. The third-order valence-electron chi connectivity index (χ3n) is 2.19. The lowest BCUT2D eigenvalue weighted by molar-refractivity contribution is 0.102. The van der Waals surface area contributed by atoms with Gasteiger partial charge in [0.15, 0.2) is 0 Å². The fraction of sp³-hybridized carbons (Fsp3) is 0.0833. The summed E-state index contributed by atoms with van der Waals surface area (Å²) < 4.78 is 0.656. The van der Waals surface area contributed by atoms with Gasteiger partial charge in [-0.3, -0.25) is 4.79 Å². The molecule has 0 radical (unpaired) electrons. The maximum absolute atomic E-state index is 11.9. The molecule has 0 aliphatic carbocycles. The lowest BCUT2D eigenvalue weighted by Gasteiger charge is -2.05. The van der Waals surface area contributed by atoms with E-state index in [1.54, 1.807) is 42.4 Å². The van der Waals surface area contributed by atoms with E-state index in [1.165, 1.54) is 0 Å². The van der Waals surface area contributed by atoms with Crippen LogP contribution in [0.4, 0.5) is 5.82 Å². The van der Waals surface area contributed by atoms with Gasteiger partial charge in [-0.05, 0) is 46.5 Å². The molecule has 1 amide bonds. The van der Waals surface area contributed by atoms with Gasteiger partial charge in [0.1, 0.15) is 11.5 Å². The SMILES string of the molecule is CSc1ccc(NC(=O)c2ncccc2Br)nc1. The van der Waals surface area contributed by atoms with Crippen LogP contribution in [0.2, 0.25) is 0 Å². The molecule has 0 bridgehead atoms. The summed E-state index contributed by atoms with van der Waals surface area (Å²) in [5, 5.41) is 2.70. The Labute approximate surface area is 117 Å². The van der Waals surface area contributed by atoms with E-state index in [0.29, 0.717) is 16.0 Å². The Morgan fingerprint density at radius 1 is 1.33 bits per heavy atom. The molecule has 18 heavy (non-hydrogen) atoms. The number of nitrogens with one attached hydrogen (secondary N) is 1. The van der Waals surface area contributed by atoms with Crippen molar-refractivity contribution in [1.29, 1.82) is 0 Å². The van der Waals surface area contributed by atoms with Gasteiger partial charge in [-0.1, -0.05) is 0 Å². The average Bonchev–Trinajstić information content (AvgIpc) is 2.40. The zero-order valence-corrected chi connectivity index (χ0v) is 12.0. The van der Waals surface area contributed by atoms with E-state index in [-0.39, 0.29) is 5.91 Å². The first-order chi connectivity index (χ1) is 8.70. The molecule has 0 aromatic carbocycles. The predicted octanol–water partition coefficient (Wildman–Crippen LogP) is 3.21. The van der Waals surface area contributed by atoms with Crippen molar-refractivity contribution in [2.24, 2.45) is 0 Å². The standard InChI is InChI=1S/C12H10BrN3OS/c1-18-8-4-5-10(15-7-8)16-12(17)11-9(13)3-2-6-14-11/h2-7H,1H3,(H,15,16,17). The van der Waals surface area contributed by atoms with Gasteiger partial charge in [0, 0.05) is 21.8 Å². The van der Waals surface area contributed by atoms with Crippen molar-refractivity contribution < 1.29 is 4.79 Å². The molecular weight excluding hydrogens is 314 g/mol. The zero-order chi connectivity index (χ0) is 13.0. The quantitative estimate of drug-likeness (QED) is 0.881. The number of anilines is 1. The van der Waals surface area contributed by atoms with Gasteiger partial charge >= 0.3 is 0 Å². The largest absolute Gasteiger partial charge is 0.305 e. The summed E-state index contributed by atoms with van der Waals surface area (Å²) >= 11 is 4.89. The smallest absolute Gasteiger partial charge is 0.276 e. The zero-order valence-electron chi connectivity index (χ0n) is 9.55. The van der Waals surface area contributed by atoms with Gasteiger partial charge in [0.25, 0.3) is 5.91 Å². The van der Waals surface area contributed by atoms with E-state index >= 15 is 0 Å². The van der Waals surface area contributed by atoms with Gasteiger partial charge in [-0.15, -0.1) is 11.8 Å². The summed E-state index contributed by atoms with van der Waals surface area (Å²) in [6.45, 7) is 0. The summed E-state index contributed by atoms with van der Waals surface area (Å²) in [5.74, 6) is 0.224. The average molecular weight is 324 g/mol. The Morgan fingerprint density at radius 2 is 2.17 bits per heavy atom. The number of carbonyl (C=O) groups is 1. The second-order valence-electron chi connectivity index (χ2n) is 3.37. The molecule has 0 fully saturated rings. The summed E-state index contributed by atoms with van der Waals surface area (Å²) in [5.41, 5.74) is 0.341. The van der Waals surface area contributed by atoms with Crippen molar-refractivity contribution >= 4 is 39.4 Å². The first kappa shape index (κ1) is 13.0. The van der Waals surface area contributed by atoms with Crippen LogP contribution < -0.4 is 5.32 Å². The third kappa shape index (κ3) is 3.08. The second kappa shape index (κ2) is 5.97. The van der Waals surface area contributed by atoms with Crippen LogP contribution in [0.25, 0.3) is 0 Å². The molecule has 92 valence electrons. The van der Waals surface area contributed by atoms with E-state index in [1.807, 2.05) is 12.3 Å². The highest BCUT2D eigenvalue weighted by Gasteiger charge is 2.11. The fourth-order valence-electron chi connectivity index (χ4n) is 1.30. The predicted molar refractivity (Wildman–Crippen MR) is 75.9 cm³/mol. The highest BCUT2D eigenvalue weighted by atomic mass is 79.9. The van der Waals surface area contributed by atoms with Crippen LogP contribution in [-0.4, -0.2) is 22.1 Å². The molecular formula is C12H10BrN3OS. The lowest BCUT2D eigenvalue weighted by Crippen LogP contribution is -2.15. The van der Waals surface area contributed by atoms with Crippen LogP contribution in [0.1, 0.15) is 10.5 Å². The van der Waals surface area contributed by atoms with Crippen LogP contribution in [0, 0.1) is 0 Å². The first-order valence-corrected chi connectivity index (χ1v) is 7.14. The number of rotatable bonds is 3. The molecule has 0 spiro atoms. The van der Waals surface area contributed by atoms with Crippen LogP contribution in [0.15, 0.2) is 46.0 Å². The van der Waals surface area contributed by atoms with Gasteiger partial charge in [-0.2, -0.15) is 0 Å². The molecule has 2 rings (SSSR count). The number of halogens is 1. The topological polar surface area (TPSA) is 54.9 Å². The van der Waals surface area contributed by atoms with Gasteiger partial charge < -0.3 is 5.32 Å². The second-order valence-corrected chi connectivity index (χ2v) is 5.11. The number of pyridine rings is 2. The van der Waals surface area contributed by atoms with Crippen molar-refractivity contribution in [2.45, 2.75) is 4.90 Å². The van der Waals surface area contributed by atoms with Crippen molar-refractivity contribution in [2.75, 3.05) is 11.6 Å². The molecule has 2 heterocycles.